The van der Waals surface area contributed by atoms with E-state index >= 15 is 0 Å². The number of amides is 1. The number of H-pyrrole nitrogens is 1. The van der Waals surface area contributed by atoms with Crippen molar-refractivity contribution in [2.75, 3.05) is 6.54 Å². The molecular weight excluding hydrogens is 432 g/mol. The number of nitrogens with one attached hydrogen (secondary N) is 2. The zero-order valence-electron chi connectivity index (χ0n) is 18.4. The first-order valence-electron chi connectivity index (χ1n) is 10.9. The number of hydrogen-bond donors (Lipinski definition) is 5. The third-order valence-corrected chi connectivity index (χ3v) is 5.87. The van der Waals surface area contributed by atoms with Gasteiger partial charge in [0.1, 0.15) is 12.4 Å². The Bertz CT molecular complexity index is 1050. The molecule has 33 heavy (non-hydrogen) atoms. The van der Waals surface area contributed by atoms with Gasteiger partial charge in [-0.2, -0.15) is 0 Å². The van der Waals surface area contributed by atoms with Gasteiger partial charge in [0.2, 0.25) is 0 Å². The Hall–Kier alpha value is -3.64. The Balaban J connectivity index is 1.77. The molecule has 2 aromatic heterocycles. The van der Waals surface area contributed by atoms with E-state index < -0.39 is 29.9 Å². The molecule has 1 saturated carbocycles. The van der Waals surface area contributed by atoms with E-state index in [1.165, 1.54) is 12.7 Å². The summed E-state index contributed by atoms with van der Waals surface area (Å²) in [7, 11) is 0. The van der Waals surface area contributed by atoms with Gasteiger partial charge in [-0.1, -0.05) is 19.8 Å². The average Bonchev–Trinajstić information content (AvgIpc) is 3.20. The number of nitrogens with two attached hydrogens (primary N) is 2. The average molecular weight is 463 g/mol. The second-order valence-electron chi connectivity index (χ2n) is 8.36. The van der Waals surface area contributed by atoms with E-state index in [0.717, 1.165) is 25.7 Å². The monoisotopic (exact) mass is 462 g/mol. The lowest BCUT2D eigenvalue weighted by atomic mass is 9.82. The molecule has 0 aromatic carbocycles. The van der Waals surface area contributed by atoms with Gasteiger partial charge >= 0.3 is 12.1 Å². The smallest absolute Gasteiger partial charge is 0.409 e. The molecule has 13 heteroatoms. The molecule has 180 valence electrons. The molecule has 0 saturated heterocycles. The molecule has 1 aliphatic carbocycles. The number of aliphatic imine (C=N–C) groups is 1. The highest BCUT2D eigenvalue weighted by Crippen LogP contribution is 2.37. The van der Waals surface area contributed by atoms with E-state index in [0.29, 0.717) is 18.0 Å². The summed E-state index contributed by atoms with van der Waals surface area (Å²) >= 11 is 0. The molecule has 1 amide bonds. The Morgan fingerprint density at radius 1 is 1.33 bits per heavy atom. The number of carbonyl (C=O) groups excluding carboxylic acids is 1. The second-order valence-corrected chi connectivity index (χ2v) is 8.36. The number of aliphatic carboxylic acids is 1. The molecule has 1 aliphatic rings. The maximum absolute atomic E-state index is 12.7. The fourth-order valence-electron chi connectivity index (χ4n) is 4.05. The van der Waals surface area contributed by atoms with Crippen molar-refractivity contribution >= 4 is 29.2 Å². The molecule has 0 radical (unpaired) electrons. The summed E-state index contributed by atoms with van der Waals surface area (Å²) < 4.78 is 7.30. The fraction of sp³-hybridized carbons (Fsp3) is 0.600. The first-order valence-corrected chi connectivity index (χ1v) is 10.9. The third kappa shape index (κ3) is 6.20. The van der Waals surface area contributed by atoms with Crippen LogP contribution in [0.2, 0.25) is 0 Å². The molecule has 7 N–H and O–H groups in total. The first kappa shape index (κ1) is 24.0. The van der Waals surface area contributed by atoms with Crippen molar-refractivity contribution in [2.45, 2.75) is 57.7 Å². The molecule has 3 rings (SSSR count). The Labute approximate surface area is 189 Å². The minimum absolute atomic E-state index is 0.0319. The number of guanidine groups is 1. The van der Waals surface area contributed by atoms with Crippen molar-refractivity contribution in [3.63, 3.8) is 0 Å². The van der Waals surface area contributed by atoms with Crippen LogP contribution in [-0.4, -0.2) is 55.2 Å². The van der Waals surface area contributed by atoms with E-state index in [2.05, 4.69) is 32.2 Å². The highest BCUT2D eigenvalue weighted by atomic mass is 16.6. The van der Waals surface area contributed by atoms with Crippen LogP contribution in [0.5, 0.6) is 0 Å². The van der Waals surface area contributed by atoms with Crippen molar-refractivity contribution in [2.24, 2.45) is 28.3 Å². The maximum atomic E-state index is 12.7. The van der Waals surface area contributed by atoms with E-state index in [-0.39, 0.29) is 30.4 Å². The third-order valence-electron chi connectivity index (χ3n) is 5.87. The Morgan fingerprint density at radius 3 is 2.73 bits per heavy atom. The van der Waals surface area contributed by atoms with Crippen LogP contribution in [0.4, 0.5) is 4.79 Å². The van der Waals surface area contributed by atoms with E-state index in [1.807, 2.05) is 0 Å². The molecule has 13 nitrogen and oxygen atoms in total. The summed E-state index contributed by atoms with van der Waals surface area (Å²) in [5, 5.41) is 11.9. The number of aromatic nitrogens is 4. The van der Waals surface area contributed by atoms with Gasteiger partial charge in [0.15, 0.2) is 23.4 Å². The zero-order chi connectivity index (χ0) is 24.0. The molecule has 0 spiro atoms. The van der Waals surface area contributed by atoms with Gasteiger partial charge in [-0.15, -0.1) is 0 Å². The van der Waals surface area contributed by atoms with Gasteiger partial charge in [-0.05, 0) is 31.6 Å². The van der Waals surface area contributed by atoms with Gasteiger partial charge in [0.05, 0.1) is 6.33 Å². The van der Waals surface area contributed by atoms with Crippen LogP contribution in [0.3, 0.4) is 0 Å². The summed E-state index contributed by atoms with van der Waals surface area (Å²) in [5.74, 6) is -0.742. The van der Waals surface area contributed by atoms with Crippen LogP contribution in [0.15, 0.2) is 22.4 Å². The predicted molar refractivity (Wildman–Crippen MR) is 119 cm³/mol. The van der Waals surface area contributed by atoms with Gasteiger partial charge in [0, 0.05) is 12.5 Å². The maximum Gasteiger partial charge on any atom is 0.409 e. The quantitative estimate of drug-likeness (QED) is 0.201. The second kappa shape index (κ2) is 10.8. The topological polar surface area (TPSA) is 204 Å². The lowest BCUT2D eigenvalue weighted by molar-refractivity contribution is -0.139. The summed E-state index contributed by atoms with van der Waals surface area (Å²) in [5.41, 5.74) is 10.6. The van der Waals surface area contributed by atoms with Crippen LogP contribution >= 0.6 is 0 Å². The van der Waals surface area contributed by atoms with Gasteiger partial charge in [-0.3, -0.25) is 14.4 Å². The van der Waals surface area contributed by atoms with Crippen molar-refractivity contribution in [1.82, 2.24) is 24.8 Å². The molecular formula is C20H30N8O5. The SMILES string of the molecule is CC1CCC(C(OC(=O)N[C@H](CCCN=C(N)N)C(=O)O)n2cnc3c(=O)[nH]cnc32)CC1. The minimum atomic E-state index is -1.19. The van der Waals surface area contributed by atoms with E-state index in [9.17, 15) is 19.5 Å². The molecule has 0 aliphatic heterocycles. The van der Waals surface area contributed by atoms with E-state index in [1.54, 1.807) is 4.57 Å². The standard InChI is InChI=1S/C20H30N8O5/c1-11-4-6-12(7-5-11)17(28-10-26-14-15(28)24-9-25-16(14)29)33-20(32)27-13(18(30)31)3-2-8-23-19(21)22/h9-13,17H,2-8H2,1H3,(H,27,32)(H,30,31)(H4,21,22,23)(H,24,25,29)/t11?,12?,13-,17?/m1/s1. The summed E-state index contributed by atoms with van der Waals surface area (Å²) in [6, 6.07) is -1.17. The number of rotatable bonds is 9. The number of ether oxygens (including phenoxy) is 1. The number of carbonyl (C=O) groups is 2. The van der Waals surface area contributed by atoms with Crippen LogP contribution < -0.4 is 22.3 Å². The number of hydrogen-bond acceptors (Lipinski definition) is 7. The van der Waals surface area contributed by atoms with Crippen molar-refractivity contribution in [1.29, 1.82) is 0 Å². The van der Waals surface area contributed by atoms with E-state index in [4.69, 9.17) is 16.2 Å². The number of fused-ring (bicyclic) bond motifs is 1. The van der Waals surface area contributed by atoms with Crippen LogP contribution in [0.25, 0.3) is 11.2 Å². The molecule has 1 unspecified atom stereocenters. The zero-order valence-corrected chi connectivity index (χ0v) is 18.4. The number of nitrogens with zero attached hydrogens (tertiary/aromatic N) is 4. The van der Waals surface area contributed by atoms with Crippen molar-refractivity contribution < 1.29 is 19.4 Å². The molecule has 2 aromatic rings. The lowest BCUT2D eigenvalue weighted by Gasteiger charge is -2.33. The highest BCUT2D eigenvalue weighted by Gasteiger charge is 2.33. The lowest BCUT2D eigenvalue weighted by Crippen LogP contribution is -2.42. The number of alkyl carbamates (subject to hydrolysis) is 1. The number of carboxylic acid groups (broad SMARTS) is 1. The fourth-order valence-corrected chi connectivity index (χ4v) is 4.05. The molecule has 1 fully saturated rings. The number of imidazole rings is 1. The van der Waals surface area contributed by atoms with Gasteiger partial charge < -0.3 is 31.6 Å². The van der Waals surface area contributed by atoms with Gasteiger partial charge in [0.25, 0.3) is 5.56 Å². The normalized spacial score (nSPS) is 20.0. The summed E-state index contributed by atoms with van der Waals surface area (Å²) in [6.07, 6.45) is 5.06. The van der Waals surface area contributed by atoms with Crippen LogP contribution in [-0.2, 0) is 9.53 Å². The van der Waals surface area contributed by atoms with Crippen molar-refractivity contribution in [3.8, 4) is 0 Å². The highest BCUT2D eigenvalue weighted by molar-refractivity contribution is 5.80. The van der Waals surface area contributed by atoms with Crippen LogP contribution in [0, 0.1) is 11.8 Å². The molecule has 0 bridgehead atoms. The number of carboxylic acids is 1. The largest absolute Gasteiger partial charge is 0.480 e. The summed E-state index contributed by atoms with van der Waals surface area (Å²) in [4.78, 5) is 51.0. The Kier molecular flexibility index (Phi) is 7.85. The van der Waals surface area contributed by atoms with Crippen molar-refractivity contribution in [3.05, 3.63) is 23.0 Å². The molecule has 2 atom stereocenters. The first-order chi connectivity index (χ1) is 15.8. The molecule has 2 heterocycles. The van der Waals surface area contributed by atoms with Gasteiger partial charge in [-0.25, -0.2) is 19.6 Å². The van der Waals surface area contributed by atoms with Crippen LogP contribution in [0.1, 0.15) is 51.7 Å². The Morgan fingerprint density at radius 2 is 2.06 bits per heavy atom. The summed E-state index contributed by atoms with van der Waals surface area (Å²) in [6.45, 7) is 2.42. The number of aromatic amines is 1. The predicted octanol–water partition coefficient (Wildman–Crippen LogP) is 0.678. The minimum Gasteiger partial charge on any atom is -0.480 e.